The highest BCUT2D eigenvalue weighted by Crippen LogP contribution is 2.25. The van der Waals surface area contributed by atoms with Crippen LogP contribution in [0.2, 0.25) is 0 Å². The third-order valence-electron chi connectivity index (χ3n) is 3.82. The van der Waals surface area contributed by atoms with Crippen LogP contribution in [0.15, 0.2) is 17.8 Å². The van der Waals surface area contributed by atoms with Crippen LogP contribution in [0.1, 0.15) is 49.5 Å². The number of nitrogens with zero attached hydrogens (tertiary/aromatic N) is 2. The number of piperidine rings is 1. The molecule has 26 heavy (non-hydrogen) atoms. The number of pyridine rings is 1. The zero-order valence-electron chi connectivity index (χ0n) is 16.0. The summed E-state index contributed by atoms with van der Waals surface area (Å²) in [4.78, 5) is 29.9. The molecule has 1 fully saturated rings. The predicted octanol–water partition coefficient (Wildman–Crippen LogP) is 3.29. The van der Waals surface area contributed by atoms with Crippen molar-refractivity contribution in [3.8, 4) is 5.88 Å². The molecule has 1 aromatic rings. The van der Waals surface area contributed by atoms with E-state index in [1.165, 1.54) is 20.4 Å². The Morgan fingerprint density at radius 3 is 2.62 bits per heavy atom. The van der Waals surface area contributed by atoms with E-state index in [4.69, 9.17) is 14.2 Å². The van der Waals surface area contributed by atoms with E-state index in [9.17, 15) is 9.59 Å². The molecule has 0 N–H and O–H groups in total. The average molecular weight is 362 g/mol. The fourth-order valence-electron chi connectivity index (χ4n) is 2.69. The van der Waals surface area contributed by atoms with Crippen molar-refractivity contribution in [3.05, 3.63) is 29.0 Å². The van der Waals surface area contributed by atoms with E-state index >= 15 is 0 Å². The summed E-state index contributed by atoms with van der Waals surface area (Å²) in [5.74, 6) is -0.0432. The van der Waals surface area contributed by atoms with Crippen LogP contribution in [-0.2, 0) is 9.47 Å². The first kappa shape index (κ1) is 19.8. The Morgan fingerprint density at radius 2 is 2.00 bits per heavy atom. The summed E-state index contributed by atoms with van der Waals surface area (Å²) >= 11 is 0. The van der Waals surface area contributed by atoms with Gasteiger partial charge in [-0.3, -0.25) is 0 Å². The van der Waals surface area contributed by atoms with Gasteiger partial charge in [-0.05, 0) is 51.3 Å². The molecule has 0 aliphatic carbocycles. The Bertz CT molecular complexity index is 706. The summed E-state index contributed by atoms with van der Waals surface area (Å²) < 4.78 is 15.5. The highest BCUT2D eigenvalue weighted by Gasteiger charge is 2.25. The normalized spacial score (nSPS) is 16.3. The van der Waals surface area contributed by atoms with Crippen LogP contribution in [-0.4, -0.2) is 54.9 Å². The van der Waals surface area contributed by atoms with E-state index in [0.717, 1.165) is 18.4 Å². The molecule has 7 heteroatoms. The third kappa shape index (κ3) is 5.21. The number of carbonyl (C=O) groups is 2. The van der Waals surface area contributed by atoms with Crippen LogP contribution in [0.3, 0.4) is 0 Å². The molecule has 1 aliphatic heterocycles. The van der Waals surface area contributed by atoms with Gasteiger partial charge in [0.1, 0.15) is 5.60 Å². The summed E-state index contributed by atoms with van der Waals surface area (Å²) in [5, 5.41) is 0. The molecule has 0 bridgehead atoms. The van der Waals surface area contributed by atoms with Gasteiger partial charge in [0, 0.05) is 24.8 Å². The maximum atomic E-state index is 12.3. The van der Waals surface area contributed by atoms with Crippen LogP contribution in [0.5, 0.6) is 5.88 Å². The van der Waals surface area contributed by atoms with Gasteiger partial charge in [-0.25, -0.2) is 14.6 Å². The lowest BCUT2D eigenvalue weighted by molar-refractivity contribution is 0.0247. The van der Waals surface area contributed by atoms with Crippen molar-refractivity contribution in [1.82, 2.24) is 9.88 Å². The largest absolute Gasteiger partial charge is 0.481 e. The summed E-state index contributed by atoms with van der Waals surface area (Å²) in [6.45, 7) is 6.67. The second-order valence-electron chi connectivity index (χ2n) is 7.12. The molecule has 0 atom stereocenters. The molecule has 0 aromatic carbocycles. The lowest BCUT2D eigenvalue weighted by Crippen LogP contribution is -2.40. The van der Waals surface area contributed by atoms with Gasteiger partial charge in [0.15, 0.2) is 0 Å². The molecule has 1 aromatic heterocycles. The molecule has 142 valence electrons. The van der Waals surface area contributed by atoms with E-state index in [1.54, 1.807) is 11.0 Å². The van der Waals surface area contributed by atoms with E-state index in [1.807, 2.05) is 26.8 Å². The van der Waals surface area contributed by atoms with E-state index in [-0.39, 0.29) is 6.09 Å². The number of carbonyl (C=O) groups excluding carboxylic acids is 2. The maximum Gasteiger partial charge on any atom is 0.410 e. The summed E-state index contributed by atoms with van der Waals surface area (Å²) in [5.41, 5.74) is 1.54. The minimum absolute atomic E-state index is 0.323. The number of likely N-dealkylation sites (tertiary alicyclic amines) is 1. The van der Waals surface area contributed by atoms with Gasteiger partial charge in [0.2, 0.25) is 5.88 Å². The molecule has 1 saturated heterocycles. The minimum atomic E-state index is -0.527. The molecular formula is C19H26N2O5. The van der Waals surface area contributed by atoms with E-state index in [0.29, 0.717) is 30.1 Å². The number of esters is 1. The maximum absolute atomic E-state index is 12.3. The van der Waals surface area contributed by atoms with Gasteiger partial charge in [0.25, 0.3) is 0 Å². The van der Waals surface area contributed by atoms with Gasteiger partial charge in [-0.1, -0.05) is 0 Å². The lowest BCUT2D eigenvalue weighted by Gasteiger charge is -2.31. The van der Waals surface area contributed by atoms with Crippen molar-refractivity contribution >= 4 is 18.1 Å². The van der Waals surface area contributed by atoms with Crippen molar-refractivity contribution in [2.75, 3.05) is 27.3 Å². The SMILES string of the molecule is COC(=O)c1cnc(OC)c(/C=C2/CCCN(C(=O)OC(C)(C)C)C2)c1. The summed E-state index contributed by atoms with van der Waals surface area (Å²) in [6.07, 6.45) is 4.70. The average Bonchev–Trinajstić information content (AvgIpc) is 2.59. The first-order chi connectivity index (χ1) is 12.2. The number of hydrogen-bond acceptors (Lipinski definition) is 6. The number of rotatable bonds is 3. The fraction of sp³-hybridized carbons (Fsp3) is 0.526. The Labute approximate surface area is 153 Å². The molecule has 2 heterocycles. The van der Waals surface area contributed by atoms with Crippen molar-refractivity contribution in [2.45, 2.75) is 39.2 Å². The van der Waals surface area contributed by atoms with Crippen LogP contribution in [0, 0.1) is 0 Å². The Balaban J connectivity index is 2.22. The molecule has 1 aliphatic rings. The van der Waals surface area contributed by atoms with E-state index in [2.05, 4.69) is 4.98 Å². The molecule has 1 amide bonds. The quantitative estimate of drug-likeness (QED) is 0.768. The topological polar surface area (TPSA) is 78.0 Å². The second-order valence-corrected chi connectivity index (χ2v) is 7.12. The molecule has 0 saturated carbocycles. The predicted molar refractivity (Wildman–Crippen MR) is 97.1 cm³/mol. The van der Waals surface area contributed by atoms with Gasteiger partial charge in [0.05, 0.1) is 19.8 Å². The minimum Gasteiger partial charge on any atom is -0.481 e. The van der Waals surface area contributed by atoms with Crippen LogP contribution in [0.4, 0.5) is 4.79 Å². The number of aromatic nitrogens is 1. The smallest absolute Gasteiger partial charge is 0.410 e. The Morgan fingerprint density at radius 1 is 1.27 bits per heavy atom. The molecular weight excluding hydrogens is 336 g/mol. The van der Waals surface area contributed by atoms with Crippen LogP contribution < -0.4 is 4.74 Å². The number of ether oxygens (including phenoxy) is 3. The van der Waals surface area contributed by atoms with Crippen molar-refractivity contribution < 1.29 is 23.8 Å². The van der Waals surface area contributed by atoms with Crippen molar-refractivity contribution in [2.24, 2.45) is 0 Å². The van der Waals surface area contributed by atoms with Crippen LogP contribution in [0.25, 0.3) is 6.08 Å². The van der Waals surface area contributed by atoms with Crippen molar-refractivity contribution in [1.29, 1.82) is 0 Å². The lowest BCUT2D eigenvalue weighted by atomic mass is 10.0. The van der Waals surface area contributed by atoms with E-state index < -0.39 is 11.6 Å². The molecule has 0 spiro atoms. The first-order valence-corrected chi connectivity index (χ1v) is 8.53. The van der Waals surface area contributed by atoms with Gasteiger partial charge >= 0.3 is 12.1 Å². The number of methoxy groups -OCH3 is 2. The first-order valence-electron chi connectivity index (χ1n) is 8.53. The van der Waals surface area contributed by atoms with Gasteiger partial charge in [-0.15, -0.1) is 0 Å². The third-order valence-corrected chi connectivity index (χ3v) is 3.82. The molecule has 0 unspecified atom stereocenters. The Kier molecular flexibility index (Phi) is 6.23. The van der Waals surface area contributed by atoms with Gasteiger partial charge in [-0.2, -0.15) is 0 Å². The summed E-state index contributed by atoms with van der Waals surface area (Å²) in [7, 11) is 2.85. The van der Waals surface area contributed by atoms with Crippen molar-refractivity contribution in [3.63, 3.8) is 0 Å². The Hall–Kier alpha value is -2.57. The molecule has 7 nitrogen and oxygen atoms in total. The molecule has 2 rings (SSSR count). The standard InChI is InChI=1S/C19H26N2O5/c1-19(2,3)26-18(23)21-8-6-7-13(12-21)9-14-10-15(17(22)25-5)11-20-16(14)24-4/h9-11H,6-8,12H2,1-5H3/b13-9-. The highest BCUT2D eigenvalue weighted by molar-refractivity contribution is 5.90. The number of amides is 1. The molecule has 0 radical (unpaired) electrons. The zero-order valence-corrected chi connectivity index (χ0v) is 16.0. The summed E-state index contributed by atoms with van der Waals surface area (Å²) in [6, 6.07) is 1.68. The monoisotopic (exact) mass is 362 g/mol. The zero-order chi connectivity index (χ0) is 19.3. The second kappa shape index (κ2) is 8.21. The highest BCUT2D eigenvalue weighted by atomic mass is 16.6. The van der Waals surface area contributed by atoms with Crippen LogP contribution >= 0.6 is 0 Å². The van der Waals surface area contributed by atoms with Gasteiger partial charge < -0.3 is 19.1 Å². The fourth-order valence-corrected chi connectivity index (χ4v) is 2.69. The number of hydrogen-bond donors (Lipinski definition) is 0.